The van der Waals surface area contributed by atoms with Gasteiger partial charge in [-0.3, -0.25) is 4.90 Å². The predicted molar refractivity (Wildman–Crippen MR) is 69.1 cm³/mol. The zero-order chi connectivity index (χ0) is 11.4. The normalized spacial score (nSPS) is 17.4. The molecule has 0 bridgehead atoms. The number of hydrogen-bond acceptors (Lipinski definition) is 3. The number of benzene rings is 1. The minimum atomic E-state index is 0.786. The Balaban J connectivity index is 2.07. The average Bonchev–Trinajstić information content (AvgIpc) is 2.33. The quantitative estimate of drug-likeness (QED) is 0.842. The first kappa shape index (κ1) is 11.7. The third-order valence-corrected chi connectivity index (χ3v) is 3.18. The van der Waals surface area contributed by atoms with E-state index >= 15 is 0 Å². The van der Waals surface area contributed by atoms with Crippen LogP contribution in [-0.2, 0) is 6.54 Å². The van der Waals surface area contributed by atoms with E-state index in [1.807, 2.05) is 19.2 Å². The zero-order valence-corrected chi connectivity index (χ0v) is 10.3. The van der Waals surface area contributed by atoms with Gasteiger partial charge in [-0.15, -0.1) is 0 Å². The fourth-order valence-corrected chi connectivity index (χ4v) is 2.20. The predicted octanol–water partition coefficient (Wildman–Crippen LogP) is 1.79. The van der Waals surface area contributed by atoms with Crippen molar-refractivity contribution in [2.45, 2.75) is 6.54 Å². The Kier molecular flexibility index (Phi) is 4.04. The molecule has 88 valence electrons. The molecular formula is C12H18ClN3. The van der Waals surface area contributed by atoms with E-state index in [1.54, 1.807) is 0 Å². The molecule has 1 aliphatic rings. The first-order valence-electron chi connectivity index (χ1n) is 5.69. The van der Waals surface area contributed by atoms with Gasteiger partial charge in [0, 0.05) is 50.5 Å². The molecule has 1 heterocycles. The number of rotatable bonds is 3. The van der Waals surface area contributed by atoms with Crippen LogP contribution in [0.3, 0.4) is 0 Å². The van der Waals surface area contributed by atoms with Crippen molar-refractivity contribution in [1.29, 1.82) is 0 Å². The van der Waals surface area contributed by atoms with Crippen LogP contribution in [0.15, 0.2) is 18.2 Å². The van der Waals surface area contributed by atoms with E-state index in [2.05, 4.69) is 21.6 Å². The topological polar surface area (TPSA) is 27.3 Å². The summed E-state index contributed by atoms with van der Waals surface area (Å²) >= 11 is 5.97. The molecular weight excluding hydrogens is 222 g/mol. The van der Waals surface area contributed by atoms with E-state index in [1.165, 1.54) is 5.56 Å². The smallest absolute Gasteiger partial charge is 0.0426 e. The van der Waals surface area contributed by atoms with Crippen LogP contribution in [-0.4, -0.2) is 38.1 Å². The highest BCUT2D eigenvalue weighted by atomic mass is 35.5. The Morgan fingerprint density at radius 1 is 1.38 bits per heavy atom. The molecule has 2 rings (SSSR count). The van der Waals surface area contributed by atoms with Crippen molar-refractivity contribution in [2.75, 3.05) is 38.5 Å². The number of piperazine rings is 1. The van der Waals surface area contributed by atoms with Crippen LogP contribution in [0, 0.1) is 0 Å². The number of nitrogens with one attached hydrogen (secondary N) is 2. The summed E-state index contributed by atoms with van der Waals surface area (Å²) in [6.45, 7) is 5.40. The number of halogens is 1. The summed E-state index contributed by atoms with van der Waals surface area (Å²) in [5.41, 5.74) is 2.44. The standard InChI is InChI=1S/C12H18ClN3/c1-14-12-8-11(13)3-2-10(12)9-16-6-4-15-5-7-16/h2-3,8,14-15H,4-7,9H2,1H3. The first-order chi connectivity index (χ1) is 7.79. The molecule has 0 atom stereocenters. The van der Waals surface area contributed by atoms with Crippen LogP contribution in [0.1, 0.15) is 5.56 Å². The van der Waals surface area contributed by atoms with Gasteiger partial charge in [0.25, 0.3) is 0 Å². The van der Waals surface area contributed by atoms with E-state index in [0.717, 1.165) is 43.4 Å². The summed E-state index contributed by atoms with van der Waals surface area (Å²) in [4.78, 5) is 2.46. The summed E-state index contributed by atoms with van der Waals surface area (Å²) in [5.74, 6) is 0. The summed E-state index contributed by atoms with van der Waals surface area (Å²) in [5, 5.41) is 7.34. The molecule has 1 saturated heterocycles. The molecule has 2 N–H and O–H groups in total. The van der Waals surface area contributed by atoms with Crippen molar-refractivity contribution in [3.8, 4) is 0 Å². The number of anilines is 1. The lowest BCUT2D eigenvalue weighted by Gasteiger charge is -2.28. The maximum Gasteiger partial charge on any atom is 0.0426 e. The largest absolute Gasteiger partial charge is 0.388 e. The molecule has 1 aromatic carbocycles. The number of nitrogens with zero attached hydrogens (tertiary/aromatic N) is 1. The second-order valence-electron chi connectivity index (χ2n) is 4.08. The van der Waals surface area contributed by atoms with E-state index in [9.17, 15) is 0 Å². The third-order valence-electron chi connectivity index (χ3n) is 2.94. The molecule has 3 nitrogen and oxygen atoms in total. The van der Waals surface area contributed by atoms with E-state index in [-0.39, 0.29) is 0 Å². The van der Waals surface area contributed by atoms with Crippen molar-refractivity contribution < 1.29 is 0 Å². The lowest BCUT2D eigenvalue weighted by molar-refractivity contribution is 0.233. The van der Waals surface area contributed by atoms with Crippen LogP contribution in [0.4, 0.5) is 5.69 Å². The van der Waals surface area contributed by atoms with Crippen molar-refractivity contribution in [2.24, 2.45) is 0 Å². The molecule has 0 radical (unpaired) electrons. The van der Waals surface area contributed by atoms with E-state index in [0.29, 0.717) is 0 Å². The maximum atomic E-state index is 5.97. The summed E-state index contributed by atoms with van der Waals surface area (Å²) in [7, 11) is 1.94. The van der Waals surface area contributed by atoms with Gasteiger partial charge >= 0.3 is 0 Å². The Morgan fingerprint density at radius 3 is 2.81 bits per heavy atom. The molecule has 0 spiro atoms. The molecule has 1 aromatic rings. The SMILES string of the molecule is CNc1cc(Cl)ccc1CN1CCNCC1. The lowest BCUT2D eigenvalue weighted by atomic mass is 10.1. The average molecular weight is 240 g/mol. The summed E-state index contributed by atoms with van der Waals surface area (Å²) in [6, 6.07) is 6.05. The van der Waals surface area contributed by atoms with Gasteiger partial charge in [-0.2, -0.15) is 0 Å². The molecule has 0 aliphatic carbocycles. The molecule has 0 unspecified atom stereocenters. The van der Waals surface area contributed by atoms with E-state index in [4.69, 9.17) is 11.6 Å². The highest BCUT2D eigenvalue weighted by Crippen LogP contribution is 2.22. The van der Waals surface area contributed by atoms with Gasteiger partial charge in [0.1, 0.15) is 0 Å². The van der Waals surface area contributed by atoms with Gasteiger partial charge in [-0.05, 0) is 17.7 Å². The molecule has 16 heavy (non-hydrogen) atoms. The highest BCUT2D eigenvalue weighted by molar-refractivity contribution is 6.30. The third kappa shape index (κ3) is 2.88. The maximum absolute atomic E-state index is 5.97. The Hall–Kier alpha value is -0.770. The highest BCUT2D eigenvalue weighted by Gasteiger charge is 2.11. The van der Waals surface area contributed by atoms with Gasteiger partial charge in [-0.25, -0.2) is 0 Å². The van der Waals surface area contributed by atoms with E-state index < -0.39 is 0 Å². The van der Waals surface area contributed by atoms with Crippen LogP contribution >= 0.6 is 11.6 Å². The Labute approximate surface area is 102 Å². The van der Waals surface area contributed by atoms with Gasteiger partial charge < -0.3 is 10.6 Å². The summed E-state index contributed by atoms with van der Waals surface area (Å²) in [6.07, 6.45) is 0. The molecule has 1 fully saturated rings. The van der Waals surface area contributed by atoms with Crippen molar-refractivity contribution in [1.82, 2.24) is 10.2 Å². The van der Waals surface area contributed by atoms with Gasteiger partial charge in [-0.1, -0.05) is 17.7 Å². The van der Waals surface area contributed by atoms with Gasteiger partial charge in [0.15, 0.2) is 0 Å². The molecule has 4 heteroatoms. The lowest BCUT2D eigenvalue weighted by Crippen LogP contribution is -2.42. The van der Waals surface area contributed by atoms with Crippen molar-refractivity contribution >= 4 is 17.3 Å². The fraction of sp³-hybridized carbons (Fsp3) is 0.500. The molecule has 0 saturated carbocycles. The minimum absolute atomic E-state index is 0.786. The molecule has 1 aliphatic heterocycles. The second-order valence-corrected chi connectivity index (χ2v) is 4.51. The Bertz CT molecular complexity index is 348. The minimum Gasteiger partial charge on any atom is -0.388 e. The van der Waals surface area contributed by atoms with Crippen molar-refractivity contribution in [3.63, 3.8) is 0 Å². The van der Waals surface area contributed by atoms with Gasteiger partial charge in [0.2, 0.25) is 0 Å². The number of hydrogen-bond donors (Lipinski definition) is 2. The van der Waals surface area contributed by atoms with Gasteiger partial charge in [0.05, 0.1) is 0 Å². The zero-order valence-electron chi connectivity index (χ0n) is 9.59. The monoisotopic (exact) mass is 239 g/mol. The van der Waals surface area contributed by atoms with Crippen LogP contribution in [0.25, 0.3) is 0 Å². The van der Waals surface area contributed by atoms with Crippen LogP contribution < -0.4 is 10.6 Å². The molecule has 0 amide bonds. The fourth-order valence-electron chi connectivity index (χ4n) is 2.03. The second kappa shape index (κ2) is 5.53. The van der Waals surface area contributed by atoms with Crippen LogP contribution in [0.5, 0.6) is 0 Å². The van der Waals surface area contributed by atoms with Crippen molar-refractivity contribution in [3.05, 3.63) is 28.8 Å². The molecule has 0 aromatic heterocycles. The van der Waals surface area contributed by atoms with Crippen LogP contribution in [0.2, 0.25) is 5.02 Å². The summed E-state index contributed by atoms with van der Waals surface area (Å²) < 4.78 is 0. The Morgan fingerprint density at radius 2 is 2.12 bits per heavy atom. The first-order valence-corrected chi connectivity index (χ1v) is 6.06.